The van der Waals surface area contributed by atoms with Crippen LogP contribution >= 0.6 is 11.6 Å². The molecule has 5 heteroatoms. The molecule has 1 saturated heterocycles. The number of quaternary nitrogens is 2. The molecule has 1 aromatic carbocycles. The lowest BCUT2D eigenvalue weighted by atomic mass is 10.2. The van der Waals surface area contributed by atoms with Crippen LogP contribution in [0, 0.1) is 0 Å². The molecule has 1 fully saturated rings. The lowest BCUT2D eigenvalue weighted by molar-refractivity contribution is -0.909. The number of benzene rings is 1. The fourth-order valence-electron chi connectivity index (χ4n) is 2.94. The molecule has 1 aliphatic rings. The summed E-state index contributed by atoms with van der Waals surface area (Å²) in [6.07, 6.45) is 1.23. The van der Waals surface area contributed by atoms with Gasteiger partial charge in [-0.15, -0.1) is 0 Å². The molecule has 1 aromatic heterocycles. The molecule has 0 atom stereocenters. The molecule has 0 saturated carbocycles. The Morgan fingerprint density at radius 2 is 2.00 bits per heavy atom. The van der Waals surface area contributed by atoms with E-state index in [9.17, 15) is 0 Å². The van der Waals surface area contributed by atoms with Gasteiger partial charge in [0.25, 0.3) is 0 Å². The summed E-state index contributed by atoms with van der Waals surface area (Å²) in [7, 11) is 0. The maximum atomic E-state index is 6.03. The maximum Gasteiger partial charge on any atom is 0.158 e. The molecule has 0 bridgehead atoms. The van der Waals surface area contributed by atoms with Crippen molar-refractivity contribution in [1.29, 1.82) is 0 Å². The second-order valence-corrected chi connectivity index (χ2v) is 6.46. The van der Waals surface area contributed by atoms with Crippen molar-refractivity contribution in [3.05, 3.63) is 47.2 Å². The summed E-state index contributed by atoms with van der Waals surface area (Å²) in [6, 6.07) is 11.8. The van der Waals surface area contributed by atoms with E-state index in [2.05, 4.69) is 11.4 Å². The van der Waals surface area contributed by atoms with Crippen molar-refractivity contribution in [3.8, 4) is 11.3 Å². The second-order valence-electron chi connectivity index (χ2n) is 6.02. The van der Waals surface area contributed by atoms with Crippen LogP contribution in [0.25, 0.3) is 11.3 Å². The van der Waals surface area contributed by atoms with Crippen molar-refractivity contribution >= 4 is 11.6 Å². The van der Waals surface area contributed by atoms with Crippen molar-refractivity contribution in [2.45, 2.75) is 13.0 Å². The zero-order valence-electron chi connectivity index (χ0n) is 13.4. The summed E-state index contributed by atoms with van der Waals surface area (Å²) < 4.78 is 11.3. The predicted octanol–water partition coefficient (Wildman–Crippen LogP) is 0.969. The Morgan fingerprint density at radius 3 is 2.83 bits per heavy atom. The standard InChI is InChI=1S/C18H23ClN2O2/c19-16-4-1-3-15(13-16)18-6-5-17(23-18)14-20-7-2-8-21-9-11-22-12-10-21/h1,3-6,13,20H,2,7-12,14H2/p+2. The van der Waals surface area contributed by atoms with Crippen LogP contribution in [0.5, 0.6) is 0 Å². The highest BCUT2D eigenvalue weighted by Crippen LogP contribution is 2.24. The van der Waals surface area contributed by atoms with Crippen LogP contribution in [0.15, 0.2) is 40.8 Å². The van der Waals surface area contributed by atoms with Gasteiger partial charge in [-0.3, -0.25) is 0 Å². The molecule has 1 aliphatic heterocycles. The first-order valence-corrected chi connectivity index (χ1v) is 8.77. The van der Waals surface area contributed by atoms with Crippen molar-refractivity contribution in [2.75, 3.05) is 39.4 Å². The summed E-state index contributed by atoms with van der Waals surface area (Å²) in [4.78, 5) is 1.67. The highest BCUT2D eigenvalue weighted by Gasteiger charge is 2.13. The number of nitrogens with one attached hydrogen (secondary N) is 1. The lowest BCUT2D eigenvalue weighted by Gasteiger charge is -2.23. The topological polar surface area (TPSA) is 43.4 Å². The summed E-state index contributed by atoms with van der Waals surface area (Å²) in [5.74, 6) is 1.90. The van der Waals surface area contributed by atoms with Gasteiger partial charge >= 0.3 is 0 Å². The molecule has 0 spiro atoms. The fourth-order valence-corrected chi connectivity index (χ4v) is 3.13. The predicted molar refractivity (Wildman–Crippen MR) is 90.7 cm³/mol. The number of halogens is 1. The van der Waals surface area contributed by atoms with Crippen LogP contribution in [0.1, 0.15) is 12.2 Å². The Kier molecular flexibility index (Phi) is 6.11. The Bertz CT molecular complexity index is 609. The van der Waals surface area contributed by atoms with Gasteiger partial charge < -0.3 is 19.4 Å². The van der Waals surface area contributed by atoms with Crippen LogP contribution in [-0.4, -0.2) is 39.4 Å². The van der Waals surface area contributed by atoms with Gasteiger partial charge in [-0.25, -0.2) is 0 Å². The Hall–Kier alpha value is -1.33. The largest absolute Gasteiger partial charge is 0.455 e. The minimum atomic E-state index is 0.734. The van der Waals surface area contributed by atoms with Gasteiger partial charge in [0.1, 0.15) is 25.4 Å². The molecule has 124 valence electrons. The van der Waals surface area contributed by atoms with Crippen LogP contribution in [0.2, 0.25) is 5.02 Å². The van der Waals surface area contributed by atoms with Crippen molar-refractivity contribution < 1.29 is 19.4 Å². The van der Waals surface area contributed by atoms with E-state index in [4.69, 9.17) is 20.8 Å². The number of ether oxygens (including phenoxy) is 1. The molecule has 0 aliphatic carbocycles. The first-order chi connectivity index (χ1) is 11.3. The van der Waals surface area contributed by atoms with Crippen molar-refractivity contribution in [2.24, 2.45) is 0 Å². The molecule has 4 nitrogen and oxygen atoms in total. The lowest BCUT2D eigenvalue weighted by Crippen LogP contribution is -3.14. The third-order valence-corrected chi connectivity index (χ3v) is 4.49. The molecule has 0 unspecified atom stereocenters. The van der Waals surface area contributed by atoms with Crippen molar-refractivity contribution in [3.63, 3.8) is 0 Å². The highest BCUT2D eigenvalue weighted by molar-refractivity contribution is 6.30. The molecular weight excluding hydrogens is 312 g/mol. The first-order valence-electron chi connectivity index (χ1n) is 8.39. The zero-order chi connectivity index (χ0) is 15.9. The monoisotopic (exact) mass is 336 g/mol. The molecule has 2 heterocycles. The van der Waals surface area contributed by atoms with E-state index in [-0.39, 0.29) is 0 Å². The van der Waals surface area contributed by atoms with Crippen molar-refractivity contribution in [1.82, 2.24) is 0 Å². The Balaban J connectivity index is 1.39. The molecule has 0 amide bonds. The van der Waals surface area contributed by atoms with Gasteiger partial charge in [-0.1, -0.05) is 23.7 Å². The van der Waals surface area contributed by atoms with Crippen LogP contribution in [-0.2, 0) is 11.3 Å². The number of nitrogens with two attached hydrogens (primary N) is 1. The van der Waals surface area contributed by atoms with Gasteiger partial charge in [-0.05, 0) is 24.3 Å². The zero-order valence-corrected chi connectivity index (χ0v) is 14.1. The van der Waals surface area contributed by atoms with Crippen LogP contribution in [0.3, 0.4) is 0 Å². The molecule has 2 aromatic rings. The SMILES string of the molecule is Clc1cccc(-c2ccc(C[NH2+]CCC[NH+]3CCOCC3)o2)c1. The van der Waals surface area contributed by atoms with Gasteiger partial charge in [0.2, 0.25) is 0 Å². The van der Waals surface area contributed by atoms with E-state index in [0.717, 1.165) is 61.5 Å². The number of hydrogen-bond acceptors (Lipinski definition) is 2. The third-order valence-electron chi connectivity index (χ3n) is 4.25. The number of morpholine rings is 1. The molecule has 3 rings (SSSR count). The molecule has 0 radical (unpaired) electrons. The number of hydrogen-bond donors (Lipinski definition) is 2. The normalized spacial score (nSPS) is 15.9. The summed E-state index contributed by atoms with van der Waals surface area (Å²) in [5, 5.41) is 3.05. The van der Waals surface area contributed by atoms with E-state index >= 15 is 0 Å². The first kappa shape index (κ1) is 16.5. The van der Waals surface area contributed by atoms with E-state index in [1.54, 1.807) is 4.90 Å². The van der Waals surface area contributed by atoms with Crippen LogP contribution in [0.4, 0.5) is 0 Å². The average Bonchev–Trinajstić information content (AvgIpc) is 3.04. The van der Waals surface area contributed by atoms with E-state index in [1.165, 1.54) is 13.0 Å². The van der Waals surface area contributed by atoms with Gasteiger partial charge in [0.05, 0.1) is 26.3 Å². The molecule has 23 heavy (non-hydrogen) atoms. The Labute approximate surface area is 142 Å². The van der Waals surface area contributed by atoms with E-state index in [0.29, 0.717) is 0 Å². The number of rotatable bonds is 7. The Morgan fingerprint density at radius 1 is 1.13 bits per heavy atom. The fraction of sp³-hybridized carbons (Fsp3) is 0.444. The van der Waals surface area contributed by atoms with E-state index in [1.807, 2.05) is 30.3 Å². The highest BCUT2D eigenvalue weighted by atomic mass is 35.5. The van der Waals surface area contributed by atoms with Gasteiger partial charge in [-0.2, -0.15) is 0 Å². The van der Waals surface area contributed by atoms with Gasteiger partial charge in [0, 0.05) is 17.0 Å². The van der Waals surface area contributed by atoms with Gasteiger partial charge in [0.15, 0.2) is 5.76 Å². The third kappa shape index (κ3) is 5.08. The van der Waals surface area contributed by atoms with Crippen LogP contribution < -0.4 is 10.2 Å². The molecular formula is C18H25ClN2O2+2. The summed E-state index contributed by atoms with van der Waals surface area (Å²) in [5.41, 5.74) is 1.03. The minimum absolute atomic E-state index is 0.734. The van der Waals surface area contributed by atoms with E-state index < -0.39 is 0 Å². The number of furan rings is 1. The minimum Gasteiger partial charge on any atom is -0.455 e. The smallest absolute Gasteiger partial charge is 0.158 e. The quantitative estimate of drug-likeness (QED) is 0.740. The maximum absolute atomic E-state index is 6.03. The summed E-state index contributed by atoms with van der Waals surface area (Å²) >= 11 is 6.03. The summed E-state index contributed by atoms with van der Waals surface area (Å²) in [6.45, 7) is 7.40. The molecule has 3 N–H and O–H groups in total. The average molecular weight is 337 g/mol. The second kappa shape index (κ2) is 8.50.